The molecule has 0 aromatic rings. The van der Waals surface area contributed by atoms with E-state index in [0.29, 0.717) is 5.57 Å². The Kier molecular flexibility index (Phi) is 3.59. The van der Waals surface area contributed by atoms with Gasteiger partial charge in [0.05, 0.1) is 40.5 Å². The summed E-state index contributed by atoms with van der Waals surface area (Å²) in [4.78, 5) is 14.0. The number of hydrogen-bond donors (Lipinski definition) is 2. The lowest BCUT2D eigenvalue weighted by Gasteiger charge is -2.17. The Morgan fingerprint density at radius 2 is 1.57 bits per heavy atom. The summed E-state index contributed by atoms with van der Waals surface area (Å²) in [5.74, 6) is 0. The van der Waals surface area contributed by atoms with Crippen LogP contribution in [0.5, 0.6) is 0 Å². The smallest absolute Gasteiger partial charge is 0.0886 e. The summed E-state index contributed by atoms with van der Waals surface area (Å²) < 4.78 is 0. The second-order valence-electron chi connectivity index (χ2n) is 7.94. The first kappa shape index (κ1) is 16.7. The van der Waals surface area contributed by atoms with E-state index in [1.807, 2.05) is 48.6 Å². The van der Waals surface area contributed by atoms with Crippen LogP contribution in [-0.2, 0) is 0 Å². The van der Waals surface area contributed by atoms with E-state index < -0.39 is 0 Å². The van der Waals surface area contributed by atoms with E-state index in [-0.39, 0.29) is 5.41 Å². The normalized spacial score (nSPS) is 25.4. The number of nitrogens with zero attached hydrogens (tertiary/aromatic N) is 3. The predicted molar refractivity (Wildman–Crippen MR) is 113 cm³/mol. The number of rotatable bonds is 0. The van der Waals surface area contributed by atoms with Crippen molar-refractivity contribution < 1.29 is 5.11 Å². The van der Waals surface area contributed by atoms with Gasteiger partial charge in [-0.25, -0.2) is 15.0 Å². The molecular formula is C23H20N4O. The number of hydrogen-bond acceptors (Lipinski definition) is 5. The van der Waals surface area contributed by atoms with E-state index in [2.05, 4.69) is 35.2 Å². The third-order valence-electron chi connectivity index (χ3n) is 5.21. The first-order valence-electron chi connectivity index (χ1n) is 9.30. The number of nitrogens with one attached hydrogen (secondary N) is 1. The van der Waals surface area contributed by atoms with Gasteiger partial charge in [-0.15, -0.1) is 0 Å². The van der Waals surface area contributed by atoms with Gasteiger partial charge in [-0.3, -0.25) is 0 Å². The van der Waals surface area contributed by atoms with Crippen LogP contribution >= 0.6 is 0 Å². The van der Waals surface area contributed by atoms with Crippen molar-refractivity contribution in [2.24, 2.45) is 20.4 Å². The second-order valence-corrected chi connectivity index (χ2v) is 7.94. The number of aliphatic imine (C=N–C) groups is 3. The van der Waals surface area contributed by atoms with Crippen molar-refractivity contribution in [1.82, 2.24) is 5.32 Å². The molecule has 0 radical (unpaired) electrons. The van der Waals surface area contributed by atoms with Gasteiger partial charge in [-0.2, -0.15) is 0 Å². The Bertz CT molecular complexity index is 1130. The SMILES string of the molecule is CC1(C)CC2=CC3=NC(=CC4=NC(=CC5=C/C(=C/O)C(=N5)C=C1N2)C=C4)C=C3. The zero-order chi connectivity index (χ0) is 19.3. The number of allylic oxidation sites excluding steroid dienone is 12. The van der Waals surface area contributed by atoms with Crippen molar-refractivity contribution in [3.63, 3.8) is 0 Å². The van der Waals surface area contributed by atoms with Crippen LogP contribution < -0.4 is 5.32 Å². The molecule has 1 saturated heterocycles. The molecule has 0 spiro atoms. The molecule has 5 nitrogen and oxygen atoms in total. The van der Waals surface area contributed by atoms with E-state index in [4.69, 9.17) is 4.99 Å². The third kappa shape index (κ3) is 2.95. The minimum Gasteiger partial charge on any atom is -0.515 e. The highest BCUT2D eigenvalue weighted by molar-refractivity contribution is 6.14. The number of aliphatic hydroxyl groups excluding tert-OH is 1. The van der Waals surface area contributed by atoms with Gasteiger partial charge in [0.1, 0.15) is 0 Å². The van der Waals surface area contributed by atoms with Crippen LogP contribution in [0.15, 0.2) is 110 Å². The molecule has 2 N–H and O–H groups in total. The Morgan fingerprint density at radius 1 is 0.857 bits per heavy atom. The molecule has 0 aromatic heterocycles. The summed E-state index contributed by atoms with van der Waals surface area (Å²) >= 11 is 0. The van der Waals surface area contributed by atoms with Crippen molar-refractivity contribution in [2.75, 3.05) is 0 Å². The molecule has 0 aromatic carbocycles. The van der Waals surface area contributed by atoms with Crippen molar-refractivity contribution in [1.29, 1.82) is 0 Å². The summed E-state index contributed by atoms with van der Waals surface area (Å²) in [7, 11) is 0. The Labute approximate surface area is 163 Å². The highest BCUT2D eigenvalue weighted by Gasteiger charge is 2.33. The van der Waals surface area contributed by atoms with E-state index in [0.717, 1.165) is 58.3 Å². The molecule has 5 heteroatoms. The topological polar surface area (TPSA) is 69.3 Å². The van der Waals surface area contributed by atoms with Crippen molar-refractivity contribution >= 4 is 17.1 Å². The standard InChI is InChI=1S/C23H20N4O/c1-23(2)12-20-10-18-6-4-16(25-18)8-15-3-5-17(24-15)9-19-7-14(13-28)21(26-19)11-22(23)27-20/h3-11,13,27-28H,12H2,1-2H3/b14-13-,16-8?,17-9?,20-10?,22-11?. The summed E-state index contributed by atoms with van der Waals surface area (Å²) in [6.45, 7) is 4.40. The summed E-state index contributed by atoms with van der Waals surface area (Å²) in [5.41, 5.74) is 7.84. The zero-order valence-electron chi connectivity index (χ0n) is 15.8. The van der Waals surface area contributed by atoms with E-state index in [1.165, 1.54) is 0 Å². The maximum absolute atomic E-state index is 9.67. The summed E-state index contributed by atoms with van der Waals surface area (Å²) in [6.07, 6.45) is 19.8. The second kappa shape index (κ2) is 6.02. The van der Waals surface area contributed by atoms with Gasteiger partial charge in [0.25, 0.3) is 0 Å². The van der Waals surface area contributed by atoms with Crippen LogP contribution in [0.2, 0.25) is 0 Å². The molecule has 0 aliphatic carbocycles. The van der Waals surface area contributed by atoms with Gasteiger partial charge >= 0.3 is 0 Å². The number of aliphatic hydroxyl groups is 1. The Balaban J connectivity index is 1.67. The van der Waals surface area contributed by atoms with Crippen LogP contribution in [0.25, 0.3) is 0 Å². The lowest BCUT2D eigenvalue weighted by atomic mass is 9.87. The molecule has 1 fully saturated rings. The fourth-order valence-electron chi connectivity index (χ4n) is 3.77. The minimum absolute atomic E-state index is 0.0569. The fourth-order valence-corrected chi connectivity index (χ4v) is 3.77. The van der Waals surface area contributed by atoms with Crippen molar-refractivity contribution in [3.05, 3.63) is 95.0 Å². The molecule has 5 rings (SSSR count). The monoisotopic (exact) mass is 368 g/mol. The highest BCUT2D eigenvalue weighted by Crippen LogP contribution is 2.39. The number of fused-ring (bicyclic) bond motifs is 5. The van der Waals surface area contributed by atoms with Gasteiger partial charge in [0.2, 0.25) is 0 Å². The lowest BCUT2D eigenvalue weighted by molar-refractivity contribution is 0.471. The van der Waals surface area contributed by atoms with Crippen LogP contribution in [0.1, 0.15) is 20.3 Å². The molecular weight excluding hydrogens is 348 g/mol. The van der Waals surface area contributed by atoms with Gasteiger partial charge in [0, 0.05) is 22.4 Å². The van der Waals surface area contributed by atoms with Crippen LogP contribution in [0, 0.1) is 5.41 Å². The average Bonchev–Trinajstić information content (AvgIpc) is 3.39. The van der Waals surface area contributed by atoms with Gasteiger partial charge in [-0.05, 0) is 61.1 Å². The van der Waals surface area contributed by atoms with Crippen molar-refractivity contribution in [3.8, 4) is 0 Å². The highest BCUT2D eigenvalue weighted by atomic mass is 16.2. The predicted octanol–water partition coefficient (Wildman–Crippen LogP) is 4.36. The lowest BCUT2D eigenvalue weighted by Crippen LogP contribution is -2.15. The molecule has 0 amide bonds. The van der Waals surface area contributed by atoms with Crippen molar-refractivity contribution in [2.45, 2.75) is 20.3 Å². The molecule has 28 heavy (non-hydrogen) atoms. The van der Waals surface area contributed by atoms with Gasteiger partial charge < -0.3 is 10.4 Å². The maximum atomic E-state index is 9.67. The average molecular weight is 368 g/mol. The Morgan fingerprint density at radius 3 is 2.32 bits per heavy atom. The zero-order valence-corrected chi connectivity index (χ0v) is 15.8. The molecule has 5 aliphatic heterocycles. The van der Waals surface area contributed by atoms with Crippen LogP contribution in [0.3, 0.4) is 0 Å². The summed E-state index contributed by atoms with van der Waals surface area (Å²) in [5, 5.41) is 13.2. The van der Waals surface area contributed by atoms with Gasteiger partial charge in [0.15, 0.2) is 0 Å². The first-order valence-corrected chi connectivity index (χ1v) is 9.30. The molecule has 5 heterocycles. The minimum atomic E-state index is -0.0569. The van der Waals surface area contributed by atoms with Gasteiger partial charge in [-0.1, -0.05) is 13.8 Å². The quantitative estimate of drug-likeness (QED) is 0.624. The van der Waals surface area contributed by atoms with Crippen LogP contribution in [-0.4, -0.2) is 22.2 Å². The molecule has 0 atom stereocenters. The molecule has 0 unspecified atom stereocenters. The fraction of sp³-hybridized carbons (Fsp3) is 0.174. The largest absolute Gasteiger partial charge is 0.515 e. The van der Waals surface area contributed by atoms with E-state index >= 15 is 0 Å². The van der Waals surface area contributed by atoms with E-state index in [9.17, 15) is 5.11 Å². The third-order valence-corrected chi connectivity index (χ3v) is 5.21. The summed E-state index contributed by atoms with van der Waals surface area (Å²) in [6, 6.07) is 0. The van der Waals surface area contributed by atoms with E-state index in [1.54, 1.807) is 0 Å². The van der Waals surface area contributed by atoms with Crippen LogP contribution in [0.4, 0.5) is 0 Å². The molecule has 0 saturated carbocycles. The Hall–Kier alpha value is -3.47. The molecule has 8 bridgehead atoms. The molecule has 5 aliphatic rings. The first-order chi connectivity index (χ1) is 13.5. The molecule has 138 valence electrons. The maximum Gasteiger partial charge on any atom is 0.0886 e.